The van der Waals surface area contributed by atoms with E-state index in [1.54, 1.807) is 0 Å². The minimum absolute atomic E-state index is 0.541. The Balaban J connectivity index is 2.37. The fourth-order valence-corrected chi connectivity index (χ4v) is 1.40. The number of H-pyrrole nitrogens is 1. The Morgan fingerprint density at radius 1 is 1.36 bits per heavy atom. The first-order valence-electron chi connectivity index (χ1n) is 4.38. The van der Waals surface area contributed by atoms with Gasteiger partial charge in [-0.25, -0.2) is 0 Å². The second-order valence-electron chi connectivity index (χ2n) is 3.15. The van der Waals surface area contributed by atoms with Crippen LogP contribution in [0.1, 0.15) is 22.9 Å². The summed E-state index contributed by atoms with van der Waals surface area (Å²) in [5.74, 6) is 0. The lowest BCUT2D eigenvalue weighted by molar-refractivity contribution is 0.214. The molecular weight excluding hydrogens is 178 g/mol. The lowest BCUT2D eigenvalue weighted by atomic mass is 10.0. The zero-order valence-electron chi connectivity index (χ0n) is 7.81. The molecule has 0 amide bonds. The zero-order chi connectivity index (χ0) is 9.97. The van der Waals surface area contributed by atoms with Gasteiger partial charge in [-0.05, 0) is 18.1 Å². The molecule has 1 aromatic heterocycles. The fourth-order valence-electron chi connectivity index (χ4n) is 1.40. The molecule has 4 nitrogen and oxygen atoms in total. The van der Waals surface area contributed by atoms with Crippen molar-refractivity contribution in [2.75, 3.05) is 0 Å². The average molecular weight is 189 g/mol. The standard InChI is InChI=1S/C10H11N3O/c1-7-4-2-3-5-8(7)10(14)9-6-11-13-12-9/h2-6,10,14H,1H3,(H,11,12,13). The molecule has 0 aliphatic heterocycles. The lowest BCUT2D eigenvalue weighted by Gasteiger charge is -2.09. The molecule has 0 bridgehead atoms. The highest BCUT2D eigenvalue weighted by atomic mass is 16.3. The van der Waals surface area contributed by atoms with Gasteiger partial charge in [0.15, 0.2) is 0 Å². The number of benzene rings is 1. The first-order chi connectivity index (χ1) is 6.79. The summed E-state index contributed by atoms with van der Waals surface area (Å²) in [6.45, 7) is 1.96. The lowest BCUT2D eigenvalue weighted by Crippen LogP contribution is -2.02. The van der Waals surface area contributed by atoms with Crippen LogP contribution in [-0.4, -0.2) is 20.5 Å². The van der Waals surface area contributed by atoms with Crippen LogP contribution in [-0.2, 0) is 0 Å². The number of nitrogens with one attached hydrogen (secondary N) is 1. The summed E-state index contributed by atoms with van der Waals surface area (Å²) in [4.78, 5) is 0. The number of aryl methyl sites for hydroxylation is 1. The van der Waals surface area contributed by atoms with Crippen molar-refractivity contribution in [3.63, 3.8) is 0 Å². The number of aromatic nitrogens is 3. The van der Waals surface area contributed by atoms with Gasteiger partial charge in [0.1, 0.15) is 11.8 Å². The van der Waals surface area contributed by atoms with E-state index in [0.717, 1.165) is 11.1 Å². The number of aromatic amines is 1. The van der Waals surface area contributed by atoms with Crippen LogP contribution < -0.4 is 0 Å². The molecular formula is C10H11N3O. The van der Waals surface area contributed by atoms with Crippen LogP contribution in [0.15, 0.2) is 30.5 Å². The van der Waals surface area contributed by atoms with Gasteiger partial charge < -0.3 is 5.11 Å². The predicted octanol–water partition coefficient (Wildman–Crippen LogP) is 1.19. The van der Waals surface area contributed by atoms with Crippen LogP contribution in [0.2, 0.25) is 0 Å². The van der Waals surface area contributed by atoms with Gasteiger partial charge in [0.2, 0.25) is 0 Å². The van der Waals surface area contributed by atoms with E-state index in [1.807, 2.05) is 31.2 Å². The summed E-state index contributed by atoms with van der Waals surface area (Å²) in [5.41, 5.74) is 2.45. The molecule has 2 aromatic rings. The highest BCUT2D eigenvalue weighted by Crippen LogP contribution is 2.21. The third-order valence-electron chi connectivity index (χ3n) is 2.20. The third kappa shape index (κ3) is 1.52. The molecule has 2 rings (SSSR count). The van der Waals surface area contributed by atoms with Gasteiger partial charge in [-0.1, -0.05) is 24.3 Å². The van der Waals surface area contributed by atoms with E-state index in [2.05, 4.69) is 15.4 Å². The fraction of sp³-hybridized carbons (Fsp3) is 0.200. The van der Waals surface area contributed by atoms with Crippen LogP contribution in [0, 0.1) is 6.92 Å². The minimum Gasteiger partial charge on any atom is -0.382 e. The molecule has 0 aliphatic rings. The maximum Gasteiger partial charge on any atom is 0.125 e. The molecule has 4 heteroatoms. The summed E-state index contributed by atoms with van der Waals surface area (Å²) in [5, 5.41) is 19.9. The molecule has 1 heterocycles. The van der Waals surface area contributed by atoms with Crippen LogP contribution in [0.5, 0.6) is 0 Å². The third-order valence-corrected chi connectivity index (χ3v) is 2.20. The molecule has 0 radical (unpaired) electrons. The average Bonchev–Trinajstić information content (AvgIpc) is 2.70. The van der Waals surface area contributed by atoms with Crippen LogP contribution in [0.25, 0.3) is 0 Å². The second kappa shape index (κ2) is 3.59. The molecule has 0 saturated carbocycles. The SMILES string of the molecule is Cc1ccccc1C(O)c1cn[nH]n1. The Labute approximate surface area is 81.6 Å². The Morgan fingerprint density at radius 3 is 2.79 bits per heavy atom. The Hall–Kier alpha value is -1.68. The van der Waals surface area contributed by atoms with Crippen LogP contribution in [0.3, 0.4) is 0 Å². The second-order valence-corrected chi connectivity index (χ2v) is 3.15. The molecule has 0 spiro atoms. The summed E-state index contributed by atoms with van der Waals surface area (Å²) in [7, 11) is 0. The van der Waals surface area contributed by atoms with Gasteiger partial charge in [-0.2, -0.15) is 15.4 Å². The largest absolute Gasteiger partial charge is 0.382 e. The quantitative estimate of drug-likeness (QED) is 0.746. The molecule has 2 N–H and O–H groups in total. The van der Waals surface area contributed by atoms with E-state index in [1.165, 1.54) is 6.20 Å². The van der Waals surface area contributed by atoms with Crippen molar-refractivity contribution in [1.82, 2.24) is 15.4 Å². The Kier molecular flexibility index (Phi) is 2.28. The Bertz CT molecular complexity index is 411. The highest BCUT2D eigenvalue weighted by Gasteiger charge is 2.14. The zero-order valence-corrected chi connectivity index (χ0v) is 7.81. The van der Waals surface area contributed by atoms with Gasteiger partial charge in [0, 0.05) is 0 Å². The van der Waals surface area contributed by atoms with Gasteiger partial charge in [0.25, 0.3) is 0 Å². The van der Waals surface area contributed by atoms with Crippen molar-refractivity contribution in [3.05, 3.63) is 47.3 Å². The Morgan fingerprint density at radius 2 is 2.14 bits per heavy atom. The first kappa shape index (κ1) is 8.90. The molecule has 1 atom stereocenters. The van der Waals surface area contributed by atoms with E-state index < -0.39 is 6.10 Å². The molecule has 14 heavy (non-hydrogen) atoms. The van der Waals surface area contributed by atoms with Gasteiger partial charge in [-0.3, -0.25) is 0 Å². The summed E-state index contributed by atoms with van der Waals surface area (Å²) in [6, 6.07) is 7.67. The van der Waals surface area contributed by atoms with Crippen molar-refractivity contribution < 1.29 is 5.11 Å². The molecule has 1 unspecified atom stereocenters. The van der Waals surface area contributed by atoms with E-state index in [0.29, 0.717) is 5.69 Å². The number of hydrogen-bond donors (Lipinski definition) is 2. The maximum absolute atomic E-state index is 9.94. The van der Waals surface area contributed by atoms with Gasteiger partial charge >= 0.3 is 0 Å². The smallest absolute Gasteiger partial charge is 0.125 e. The molecule has 0 fully saturated rings. The van der Waals surface area contributed by atoms with Crippen molar-refractivity contribution in [2.45, 2.75) is 13.0 Å². The van der Waals surface area contributed by atoms with Crippen LogP contribution >= 0.6 is 0 Å². The molecule has 0 saturated heterocycles. The molecule has 1 aromatic carbocycles. The normalized spacial score (nSPS) is 12.7. The van der Waals surface area contributed by atoms with Crippen molar-refractivity contribution in [1.29, 1.82) is 0 Å². The number of aliphatic hydroxyl groups is 1. The summed E-state index contributed by atoms with van der Waals surface area (Å²) in [6.07, 6.45) is 0.826. The highest BCUT2D eigenvalue weighted by molar-refractivity contribution is 5.31. The maximum atomic E-state index is 9.94. The number of nitrogens with zero attached hydrogens (tertiary/aromatic N) is 2. The first-order valence-corrected chi connectivity index (χ1v) is 4.38. The van der Waals surface area contributed by atoms with E-state index in [9.17, 15) is 5.11 Å². The van der Waals surface area contributed by atoms with Crippen LogP contribution in [0.4, 0.5) is 0 Å². The monoisotopic (exact) mass is 189 g/mol. The topological polar surface area (TPSA) is 61.8 Å². The van der Waals surface area contributed by atoms with Crippen molar-refractivity contribution in [3.8, 4) is 0 Å². The molecule has 72 valence electrons. The minimum atomic E-state index is -0.699. The number of aliphatic hydroxyl groups excluding tert-OH is 1. The number of rotatable bonds is 2. The summed E-state index contributed by atoms with van der Waals surface area (Å²) < 4.78 is 0. The van der Waals surface area contributed by atoms with E-state index >= 15 is 0 Å². The van der Waals surface area contributed by atoms with Gasteiger partial charge in [0.05, 0.1) is 6.20 Å². The van der Waals surface area contributed by atoms with Gasteiger partial charge in [-0.15, -0.1) is 0 Å². The molecule has 0 aliphatic carbocycles. The predicted molar refractivity (Wildman–Crippen MR) is 51.6 cm³/mol. The number of hydrogen-bond acceptors (Lipinski definition) is 3. The van der Waals surface area contributed by atoms with E-state index in [-0.39, 0.29) is 0 Å². The van der Waals surface area contributed by atoms with Crippen molar-refractivity contribution in [2.24, 2.45) is 0 Å². The van der Waals surface area contributed by atoms with Crippen molar-refractivity contribution >= 4 is 0 Å². The summed E-state index contributed by atoms with van der Waals surface area (Å²) >= 11 is 0. The van der Waals surface area contributed by atoms with E-state index in [4.69, 9.17) is 0 Å².